The van der Waals surface area contributed by atoms with Crippen molar-refractivity contribution in [3.05, 3.63) is 77.1 Å². The van der Waals surface area contributed by atoms with Gasteiger partial charge in [-0.15, -0.1) is 0 Å². The minimum Gasteiger partial charge on any atom is -0.495 e. The van der Waals surface area contributed by atoms with Crippen LogP contribution >= 0.6 is 0 Å². The Morgan fingerprint density at radius 2 is 1.83 bits per heavy atom. The van der Waals surface area contributed by atoms with Crippen molar-refractivity contribution in [1.29, 1.82) is 0 Å². The molecule has 0 aliphatic rings. The van der Waals surface area contributed by atoms with E-state index >= 15 is 0 Å². The fourth-order valence-corrected chi connectivity index (χ4v) is 3.03. The molecule has 156 valence electrons. The number of aryl methyl sites for hydroxylation is 2. The van der Waals surface area contributed by atoms with Crippen LogP contribution in [0.3, 0.4) is 0 Å². The maximum absolute atomic E-state index is 12.4. The van der Waals surface area contributed by atoms with E-state index in [0.717, 1.165) is 17.0 Å². The molecule has 0 aliphatic carbocycles. The third kappa shape index (κ3) is 5.38. The Labute approximate surface area is 175 Å². The Kier molecular flexibility index (Phi) is 6.69. The van der Waals surface area contributed by atoms with Crippen molar-refractivity contribution in [1.82, 2.24) is 20.6 Å². The number of rotatable bonds is 7. The average molecular weight is 407 g/mol. The molecular formula is C22H25N5O3. The van der Waals surface area contributed by atoms with Crippen LogP contribution < -0.4 is 20.9 Å². The van der Waals surface area contributed by atoms with Crippen LogP contribution in [0.5, 0.6) is 5.75 Å². The first kappa shape index (κ1) is 20.9. The highest BCUT2D eigenvalue weighted by Crippen LogP contribution is 2.22. The molecule has 0 aliphatic heterocycles. The van der Waals surface area contributed by atoms with E-state index in [1.807, 2.05) is 42.8 Å². The zero-order valence-electron chi connectivity index (χ0n) is 17.2. The summed E-state index contributed by atoms with van der Waals surface area (Å²) in [5, 5.41) is 7.41. The fraction of sp³-hybridized carbons (Fsp3) is 0.227. The van der Waals surface area contributed by atoms with Crippen molar-refractivity contribution in [2.45, 2.75) is 20.4 Å². The first-order chi connectivity index (χ1) is 14.5. The molecule has 0 radical (unpaired) electrons. The second-order valence-corrected chi connectivity index (χ2v) is 6.84. The van der Waals surface area contributed by atoms with Gasteiger partial charge in [0.15, 0.2) is 0 Å². The van der Waals surface area contributed by atoms with Crippen molar-refractivity contribution < 1.29 is 14.3 Å². The summed E-state index contributed by atoms with van der Waals surface area (Å²) >= 11 is 0. The molecule has 0 saturated heterocycles. The molecule has 2 aromatic carbocycles. The second kappa shape index (κ2) is 9.60. The molecule has 3 N–H and O–H groups in total. The SMILES string of the molecule is COc1ccccc1NCC(=O)NNC(=O)c1cccc(Cn2nc(C)cc2C)c1. The maximum Gasteiger partial charge on any atom is 0.269 e. The molecule has 1 heterocycles. The van der Waals surface area contributed by atoms with Gasteiger partial charge in [-0.3, -0.25) is 25.1 Å². The summed E-state index contributed by atoms with van der Waals surface area (Å²) in [4.78, 5) is 24.5. The summed E-state index contributed by atoms with van der Waals surface area (Å²) in [6.07, 6.45) is 0. The minimum atomic E-state index is -0.393. The van der Waals surface area contributed by atoms with Crippen LogP contribution in [0.1, 0.15) is 27.3 Å². The van der Waals surface area contributed by atoms with Gasteiger partial charge < -0.3 is 10.1 Å². The van der Waals surface area contributed by atoms with Gasteiger partial charge in [-0.05, 0) is 49.7 Å². The van der Waals surface area contributed by atoms with Gasteiger partial charge in [0.1, 0.15) is 5.75 Å². The lowest BCUT2D eigenvalue weighted by Crippen LogP contribution is -2.44. The van der Waals surface area contributed by atoms with Crippen molar-refractivity contribution in [3.63, 3.8) is 0 Å². The van der Waals surface area contributed by atoms with Crippen LogP contribution in [0.15, 0.2) is 54.6 Å². The topological polar surface area (TPSA) is 97.3 Å². The third-order valence-corrected chi connectivity index (χ3v) is 4.49. The number of nitrogens with one attached hydrogen (secondary N) is 3. The Hall–Kier alpha value is -3.81. The Morgan fingerprint density at radius 1 is 1.03 bits per heavy atom. The van der Waals surface area contributed by atoms with Gasteiger partial charge in [0.25, 0.3) is 11.8 Å². The van der Waals surface area contributed by atoms with Gasteiger partial charge >= 0.3 is 0 Å². The zero-order valence-corrected chi connectivity index (χ0v) is 17.2. The van der Waals surface area contributed by atoms with Crippen LogP contribution in [-0.2, 0) is 11.3 Å². The molecule has 0 fully saturated rings. The molecule has 8 heteroatoms. The highest BCUT2D eigenvalue weighted by molar-refractivity contribution is 5.95. The van der Waals surface area contributed by atoms with Gasteiger partial charge in [0, 0.05) is 11.3 Å². The Bertz CT molecular complexity index is 1040. The molecule has 8 nitrogen and oxygen atoms in total. The van der Waals surface area contributed by atoms with Gasteiger partial charge in [0.05, 0.1) is 31.6 Å². The van der Waals surface area contributed by atoms with Crippen molar-refractivity contribution in [2.75, 3.05) is 19.0 Å². The standard InChI is InChI=1S/C22H25N5O3/c1-15-11-16(2)27(26-15)14-17-7-6-8-18(12-17)22(29)25-24-21(28)13-23-19-9-4-5-10-20(19)30-3/h4-12,23H,13-14H2,1-3H3,(H,24,28)(H,25,29). The van der Waals surface area contributed by atoms with Crippen LogP contribution in [0.4, 0.5) is 5.69 Å². The molecule has 30 heavy (non-hydrogen) atoms. The van der Waals surface area contributed by atoms with E-state index in [1.54, 1.807) is 37.4 Å². The predicted molar refractivity (Wildman–Crippen MR) is 114 cm³/mol. The molecule has 0 saturated carbocycles. The van der Waals surface area contributed by atoms with E-state index in [2.05, 4.69) is 21.3 Å². The number of hydrogen-bond donors (Lipinski definition) is 3. The molecule has 0 unspecified atom stereocenters. The van der Waals surface area contributed by atoms with Crippen molar-refractivity contribution >= 4 is 17.5 Å². The van der Waals surface area contributed by atoms with E-state index in [4.69, 9.17) is 4.74 Å². The van der Waals surface area contributed by atoms with Gasteiger partial charge in [-0.25, -0.2) is 0 Å². The van der Waals surface area contributed by atoms with E-state index in [0.29, 0.717) is 23.5 Å². The van der Waals surface area contributed by atoms with E-state index < -0.39 is 5.91 Å². The maximum atomic E-state index is 12.4. The summed E-state index contributed by atoms with van der Waals surface area (Å²) in [6, 6.07) is 16.5. The van der Waals surface area contributed by atoms with Crippen LogP contribution in [0.2, 0.25) is 0 Å². The smallest absolute Gasteiger partial charge is 0.269 e. The lowest BCUT2D eigenvalue weighted by atomic mass is 10.1. The highest BCUT2D eigenvalue weighted by Gasteiger charge is 2.10. The molecule has 1 aromatic heterocycles. The molecule has 3 aromatic rings. The number of para-hydroxylation sites is 2. The highest BCUT2D eigenvalue weighted by atomic mass is 16.5. The monoisotopic (exact) mass is 407 g/mol. The number of carbonyl (C=O) groups is 2. The Morgan fingerprint density at radius 3 is 2.57 bits per heavy atom. The molecule has 2 amide bonds. The van der Waals surface area contributed by atoms with Crippen LogP contribution in [0.25, 0.3) is 0 Å². The number of anilines is 1. The number of hydrogen-bond acceptors (Lipinski definition) is 5. The number of methoxy groups -OCH3 is 1. The van der Waals surface area contributed by atoms with Crippen molar-refractivity contribution in [2.24, 2.45) is 0 Å². The first-order valence-electron chi connectivity index (χ1n) is 9.52. The number of amides is 2. The number of aromatic nitrogens is 2. The zero-order chi connectivity index (χ0) is 21.5. The summed E-state index contributed by atoms with van der Waals surface area (Å²) in [5.41, 5.74) is 8.94. The van der Waals surface area contributed by atoms with Crippen LogP contribution in [0, 0.1) is 13.8 Å². The van der Waals surface area contributed by atoms with Gasteiger partial charge in [-0.1, -0.05) is 24.3 Å². The quantitative estimate of drug-likeness (QED) is 0.523. The summed E-state index contributed by atoms with van der Waals surface area (Å²) < 4.78 is 7.11. The fourth-order valence-electron chi connectivity index (χ4n) is 3.03. The van der Waals surface area contributed by atoms with Gasteiger partial charge in [-0.2, -0.15) is 5.10 Å². The van der Waals surface area contributed by atoms with E-state index in [1.165, 1.54) is 0 Å². The summed E-state index contributed by atoms with van der Waals surface area (Å²) in [7, 11) is 1.56. The first-order valence-corrected chi connectivity index (χ1v) is 9.52. The van der Waals surface area contributed by atoms with Crippen molar-refractivity contribution in [3.8, 4) is 5.75 Å². The number of ether oxygens (including phenoxy) is 1. The molecule has 0 spiro atoms. The molecule has 0 atom stereocenters. The lowest BCUT2D eigenvalue weighted by molar-refractivity contribution is -0.120. The summed E-state index contributed by atoms with van der Waals surface area (Å²) in [5.74, 6) is -0.141. The largest absolute Gasteiger partial charge is 0.495 e. The third-order valence-electron chi connectivity index (χ3n) is 4.49. The minimum absolute atomic E-state index is 0.0153. The molecule has 0 bridgehead atoms. The molecule has 3 rings (SSSR count). The predicted octanol–water partition coefficient (Wildman–Crippen LogP) is 2.43. The normalized spacial score (nSPS) is 10.4. The van der Waals surface area contributed by atoms with E-state index in [9.17, 15) is 9.59 Å². The van der Waals surface area contributed by atoms with Crippen LogP contribution in [-0.4, -0.2) is 35.2 Å². The summed E-state index contributed by atoms with van der Waals surface area (Å²) in [6.45, 7) is 4.48. The Balaban J connectivity index is 1.53. The average Bonchev–Trinajstić information content (AvgIpc) is 3.07. The molecular weight excluding hydrogens is 382 g/mol. The van der Waals surface area contributed by atoms with E-state index in [-0.39, 0.29) is 12.5 Å². The number of carbonyl (C=O) groups excluding carboxylic acids is 2. The number of hydrazine groups is 1. The number of benzene rings is 2. The second-order valence-electron chi connectivity index (χ2n) is 6.84. The number of nitrogens with zero attached hydrogens (tertiary/aromatic N) is 2. The lowest BCUT2D eigenvalue weighted by Gasteiger charge is -2.12. The van der Waals surface area contributed by atoms with Gasteiger partial charge in [0.2, 0.25) is 0 Å².